The van der Waals surface area contributed by atoms with Crippen molar-refractivity contribution in [3.05, 3.63) is 82.1 Å². The molecule has 0 aliphatic heterocycles. The van der Waals surface area contributed by atoms with Gasteiger partial charge in [-0.3, -0.25) is 14.1 Å². The lowest BCUT2D eigenvalue weighted by molar-refractivity contribution is -0.138. The highest BCUT2D eigenvalue weighted by Crippen LogP contribution is 2.43. The summed E-state index contributed by atoms with van der Waals surface area (Å²) in [5.41, 5.74) is 3.41. The summed E-state index contributed by atoms with van der Waals surface area (Å²) >= 11 is 0. The number of carbonyl (C=O) groups is 2. The summed E-state index contributed by atoms with van der Waals surface area (Å²) in [5.74, 6) is -2.09. The van der Waals surface area contributed by atoms with E-state index in [9.17, 15) is 35.7 Å². The van der Waals surface area contributed by atoms with Gasteiger partial charge < -0.3 is 15.8 Å². The van der Waals surface area contributed by atoms with Gasteiger partial charge in [0.1, 0.15) is 5.75 Å². The molecule has 12 heteroatoms. The molecule has 34 heavy (non-hydrogen) atoms. The Morgan fingerprint density at radius 2 is 1.71 bits per heavy atom. The van der Waals surface area contributed by atoms with Gasteiger partial charge in [-0.05, 0) is 18.2 Å². The van der Waals surface area contributed by atoms with Crippen LogP contribution in [0, 0.1) is 0 Å². The third-order valence-corrected chi connectivity index (χ3v) is 6.96. The van der Waals surface area contributed by atoms with Crippen molar-refractivity contribution in [3.63, 3.8) is 0 Å². The second kappa shape index (κ2) is 7.79. The maximum atomic E-state index is 13.4. The SMILES string of the molecule is COc1ccc(NC2=CCC(N)(S(=O)(=O)O)C3=C2C(=O)c2ccccc2C3=O)cc1C(F)(F)F. The predicted molar refractivity (Wildman–Crippen MR) is 115 cm³/mol. The van der Waals surface area contributed by atoms with Crippen molar-refractivity contribution in [1.82, 2.24) is 0 Å². The Kier molecular flexibility index (Phi) is 5.42. The van der Waals surface area contributed by atoms with Crippen molar-refractivity contribution in [2.75, 3.05) is 12.4 Å². The lowest BCUT2D eigenvalue weighted by Crippen LogP contribution is -2.54. The monoisotopic (exact) mass is 494 g/mol. The maximum Gasteiger partial charge on any atom is 0.420 e. The van der Waals surface area contributed by atoms with Crippen LogP contribution in [0.25, 0.3) is 0 Å². The number of hydrogen-bond acceptors (Lipinski definition) is 7. The summed E-state index contributed by atoms with van der Waals surface area (Å²) in [7, 11) is -4.00. The fraction of sp³-hybridized carbons (Fsp3) is 0.182. The lowest BCUT2D eigenvalue weighted by atomic mass is 9.76. The van der Waals surface area contributed by atoms with Crippen molar-refractivity contribution in [1.29, 1.82) is 0 Å². The predicted octanol–water partition coefficient (Wildman–Crippen LogP) is 3.33. The van der Waals surface area contributed by atoms with Crippen molar-refractivity contribution in [2.24, 2.45) is 5.73 Å². The molecule has 178 valence electrons. The molecule has 0 spiro atoms. The van der Waals surface area contributed by atoms with Crippen LogP contribution in [0.5, 0.6) is 5.75 Å². The van der Waals surface area contributed by atoms with E-state index in [4.69, 9.17) is 10.5 Å². The van der Waals surface area contributed by atoms with Crippen LogP contribution in [0.15, 0.2) is 65.4 Å². The molecule has 0 bridgehead atoms. The van der Waals surface area contributed by atoms with Gasteiger partial charge in [0.15, 0.2) is 16.4 Å². The van der Waals surface area contributed by atoms with E-state index in [1.165, 1.54) is 30.3 Å². The van der Waals surface area contributed by atoms with E-state index >= 15 is 0 Å². The number of allylic oxidation sites excluding steroid dienone is 1. The normalized spacial score (nSPS) is 20.5. The third-order valence-electron chi connectivity index (χ3n) is 5.67. The van der Waals surface area contributed by atoms with E-state index < -0.39 is 61.6 Å². The average Bonchev–Trinajstić information content (AvgIpc) is 2.77. The third kappa shape index (κ3) is 3.59. The molecule has 1 unspecified atom stereocenters. The number of methoxy groups -OCH3 is 1. The van der Waals surface area contributed by atoms with Crippen LogP contribution >= 0.6 is 0 Å². The molecule has 2 aliphatic carbocycles. The Hall–Kier alpha value is -3.48. The Morgan fingerprint density at radius 3 is 2.26 bits per heavy atom. The summed E-state index contributed by atoms with van der Waals surface area (Å²) in [5, 5.41) is 2.66. The van der Waals surface area contributed by atoms with Gasteiger partial charge in [-0.1, -0.05) is 30.3 Å². The Bertz CT molecular complexity index is 1410. The van der Waals surface area contributed by atoms with E-state index in [0.29, 0.717) is 0 Å². The number of halogens is 3. The Labute approximate surface area is 191 Å². The molecule has 0 saturated carbocycles. The number of rotatable bonds is 4. The minimum Gasteiger partial charge on any atom is -0.496 e. The van der Waals surface area contributed by atoms with E-state index in [1.807, 2.05) is 0 Å². The average molecular weight is 494 g/mol. The van der Waals surface area contributed by atoms with Crippen LogP contribution in [-0.4, -0.2) is 36.5 Å². The fourth-order valence-electron chi connectivity index (χ4n) is 4.00. The number of fused-ring (bicyclic) bond motifs is 1. The molecular weight excluding hydrogens is 477 g/mol. The van der Waals surface area contributed by atoms with Crippen LogP contribution in [0.2, 0.25) is 0 Å². The second-order valence-electron chi connectivity index (χ2n) is 7.68. The summed E-state index contributed by atoms with van der Waals surface area (Å²) in [6.45, 7) is 0. The van der Waals surface area contributed by atoms with Gasteiger partial charge in [0.05, 0.1) is 23.8 Å². The summed E-state index contributed by atoms with van der Waals surface area (Å²) in [4.78, 5) is 23.9. The van der Waals surface area contributed by atoms with E-state index in [-0.39, 0.29) is 22.5 Å². The molecule has 0 aromatic heterocycles. The highest BCUT2D eigenvalue weighted by molar-refractivity contribution is 7.87. The van der Waals surface area contributed by atoms with Gasteiger partial charge in [0, 0.05) is 28.9 Å². The van der Waals surface area contributed by atoms with Crippen LogP contribution < -0.4 is 15.8 Å². The molecule has 0 heterocycles. The summed E-state index contributed by atoms with van der Waals surface area (Å²) < 4.78 is 79.2. The number of ether oxygens (including phenoxy) is 1. The highest BCUT2D eigenvalue weighted by atomic mass is 32.2. The molecule has 8 nitrogen and oxygen atoms in total. The van der Waals surface area contributed by atoms with Gasteiger partial charge in [-0.15, -0.1) is 0 Å². The zero-order valence-corrected chi connectivity index (χ0v) is 18.3. The lowest BCUT2D eigenvalue weighted by Gasteiger charge is -2.36. The van der Waals surface area contributed by atoms with Gasteiger partial charge in [0.2, 0.25) is 0 Å². The standard InChI is InChI=1S/C22H17F3N2O6S/c1-33-16-7-6-11(10-14(16)22(23,24)25)27-15-8-9-21(26,34(30,31)32)18-17(15)19(28)12-4-2-3-5-13(12)20(18)29/h2-8,10,27H,9,26H2,1H3,(H,30,31,32). The molecule has 2 aromatic rings. The second-order valence-corrected chi connectivity index (χ2v) is 9.36. The van der Waals surface area contributed by atoms with Crippen molar-refractivity contribution < 1.29 is 40.5 Å². The van der Waals surface area contributed by atoms with Crippen LogP contribution in [0.4, 0.5) is 18.9 Å². The van der Waals surface area contributed by atoms with E-state index in [0.717, 1.165) is 25.3 Å². The Morgan fingerprint density at radius 1 is 1.09 bits per heavy atom. The van der Waals surface area contributed by atoms with Crippen LogP contribution in [-0.2, 0) is 16.3 Å². The molecule has 0 saturated heterocycles. The zero-order chi connectivity index (χ0) is 25.1. The molecule has 1 atom stereocenters. The van der Waals surface area contributed by atoms with Crippen molar-refractivity contribution >= 4 is 27.4 Å². The van der Waals surface area contributed by atoms with Crippen molar-refractivity contribution in [2.45, 2.75) is 17.5 Å². The first-order valence-electron chi connectivity index (χ1n) is 9.71. The molecule has 4 rings (SSSR count). The minimum absolute atomic E-state index is 0.0377. The summed E-state index contributed by atoms with van der Waals surface area (Å²) in [6.07, 6.45) is -4.22. The number of benzene rings is 2. The molecule has 0 amide bonds. The number of nitrogens with two attached hydrogens (primary N) is 1. The first-order chi connectivity index (χ1) is 15.8. The van der Waals surface area contributed by atoms with Gasteiger partial charge in [-0.2, -0.15) is 21.6 Å². The smallest absolute Gasteiger partial charge is 0.420 e. The molecule has 2 aromatic carbocycles. The number of nitrogens with one attached hydrogen (secondary N) is 1. The van der Waals surface area contributed by atoms with Crippen LogP contribution in [0.3, 0.4) is 0 Å². The zero-order valence-electron chi connectivity index (χ0n) is 17.4. The first-order valence-corrected chi connectivity index (χ1v) is 11.2. The topological polar surface area (TPSA) is 136 Å². The number of Topliss-reactive ketones (excluding diaryl/α,β-unsaturated/α-hetero) is 2. The van der Waals surface area contributed by atoms with Crippen LogP contribution in [0.1, 0.15) is 32.7 Å². The van der Waals surface area contributed by atoms with Gasteiger partial charge >= 0.3 is 6.18 Å². The molecule has 0 fully saturated rings. The number of ketones is 2. The largest absolute Gasteiger partial charge is 0.496 e. The molecule has 4 N–H and O–H groups in total. The molecular formula is C22H17F3N2O6S. The van der Waals surface area contributed by atoms with Crippen molar-refractivity contribution in [3.8, 4) is 5.75 Å². The van der Waals surface area contributed by atoms with Gasteiger partial charge in [-0.25, -0.2) is 0 Å². The fourth-order valence-corrected chi connectivity index (χ4v) is 4.75. The van der Waals surface area contributed by atoms with E-state index in [2.05, 4.69) is 5.32 Å². The Balaban J connectivity index is 1.89. The number of carbonyl (C=O) groups excluding carboxylic acids is 2. The number of anilines is 1. The molecule has 2 aliphatic rings. The maximum absolute atomic E-state index is 13.4. The minimum atomic E-state index is -5.08. The quantitative estimate of drug-likeness (QED) is 0.551. The molecule has 0 radical (unpaired) electrons. The number of alkyl halides is 3. The number of hydrogen-bond donors (Lipinski definition) is 3. The van der Waals surface area contributed by atoms with E-state index in [1.54, 1.807) is 0 Å². The summed E-state index contributed by atoms with van der Waals surface area (Å²) in [6, 6.07) is 8.70. The first kappa shape index (κ1) is 23.7. The van der Waals surface area contributed by atoms with Gasteiger partial charge in [0.25, 0.3) is 10.1 Å². The highest BCUT2D eigenvalue weighted by Gasteiger charge is 2.52.